The van der Waals surface area contributed by atoms with Crippen LogP contribution in [0.4, 0.5) is 0 Å². The first-order chi connectivity index (χ1) is 24.6. The highest BCUT2D eigenvalue weighted by atomic mass is 32.1. The zero-order valence-electron chi connectivity index (χ0n) is 27.4. The number of rotatable bonds is 9. The van der Waals surface area contributed by atoms with E-state index in [0.29, 0.717) is 12.4 Å². The normalized spacial score (nSPS) is 11.9. The molecule has 0 saturated heterocycles. The van der Waals surface area contributed by atoms with E-state index < -0.39 is 0 Å². The Balaban J connectivity index is 1.23. The predicted octanol–water partition coefficient (Wildman–Crippen LogP) is 10.8. The van der Waals surface area contributed by atoms with Gasteiger partial charge in [-0.3, -0.25) is 10.7 Å². The van der Waals surface area contributed by atoms with Gasteiger partial charge in [0.05, 0.1) is 11.0 Å². The Hall–Kier alpha value is -5.88. The number of thiol groups is 1. The number of hydrogen-bond acceptors (Lipinski definition) is 3. The van der Waals surface area contributed by atoms with Crippen molar-refractivity contribution in [2.45, 2.75) is 17.6 Å². The molecule has 1 unspecified atom stereocenters. The van der Waals surface area contributed by atoms with E-state index in [4.69, 9.17) is 18.0 Å². The van der Waals surface area contributed by atoms with E-state index in [2.05, 4.69) is 143 Å². The average molecular weight is 665 g/mol. The highest BCUT2D eigenvalue weighted by Gasteiger charge is 2.18. The second-order valence-corrected chi connectivity index (χ2v) is 12.9. The Morgan fingerprint density at radius 2 is 1.16 bits per heavy atom. The molecule has 5 heteroatoms. The number of nitrogens with one attached hydrogen (secondary N) is 3. The standard InChI is InChI=1S/C45H36N4S/c46-44(33-16-8-3-9-17-33)48-45(47-30-31-12-4-1-5-13-31)34-20-24-37(25-21-34)49-41-28-35(32-14-6-2-7-15-32)22-26-39(41)40-27-23-36(29-42(40)49)38-18-10-11-19-43(38)50/h1-29,45,47,50H,30H2,(H2,46,48). The third kappa shape index (κ3) is 6.32. The highest BCUT2D eigenvalue weighted by molar-refractivity contribution is 7.80. The summed E-state index contributed by atoms with van der Waals surface area (Å²) in [6, 6.07) is 61.2. The zero-order chi connectivity index (χ0) is 33.9. The Labute approximate surface area is 298 Å². The molecule has 7 aromatic carbocycles. The topological polar surface area (TPSA) is 52.8 Å². The molecular weight excluding hydrogens is 629 g/mol. The molecule has 1 heterocycles. The molecule has 8 rings (SSSR count). The van der Waals surface area contributed by atoms with Crippen LogP contribution in [0.15, 0.2) is 181 Å². The van der Waals surface area contributed by atoms with Crippen molar-refractivity contribution in [3.63, 3.8) is 0 Å². The van der Waals surface area contributed by atoms with E-state index in [-0.39, 0.29) is 6.17 Å². The Kier molecular flexibility index (Phi) is 8.74. The number of hydrogen-bond donors (Lipinski definition) is 4. The fourth-order valence-corrected chi connectivity index (χ4v) is 7.00. The number of benzene rings is 7. The van der Waals surface area contributed by atoms with Gasteiger partial charge in [-0.25, -0.2) is 0 Å². The van der Waals surface area contributed by atoms with Crippen LogP contribution in [0.3, 0.4) is 0 Å². The minimum Gasteiger partial charge on any atom is -0.351 e. The van der Waals surface area contributed by atoms with Crippen LogP contribution in [0.25, 0.3) is 49.7 Å². The molecule has 0 fully saturated rings. The Morgan fingerprint density at radius 3 is 1.84 bits per heavy atom. The first kappa shape index (κ1) is 31.4. The van der Waals surface area contributed by atoms with Gasteiger partial charge >= 0.3 is 0 Å². The van der Waals surface area contributed by atoms with E-state index in [1.807, 2.05) is 48.5 Å². The van der Waals surface area contributed by atoms with Crippen molar-refractivity contribution in [1.82, 2.24) is 15.2 Å². The van der Waals surface area contributed by atoms with Gasteiger partial charge in [-0.1, -0.05) is 146 Å². The van der Waals surface area contributed by atoms with Crippen LogP contribution in [0.2, 0.25) is 0 Å². The van der Waals surface area contributed by atoms with Gasteiger partial charge in [0.1, 0.15) is 12.0 Å². The van der Waals surface area contributed by atoms with E-state index in [0.717, 1.165) is 43.9 Å². The molecule has 0 amide bonds. The summed E-state index contributed by atoms with van der Waals surface area (Å²) < 4.78 is 2.37. The molecule has 0 saturated carbocycles. The minimum atomic E-state index is -0.279. The molecule has 4 nitrogen and oxygen atoms in total. The van der Waals surface area contributed by atoms with Gasteiger partial charge in [0, 0.05) is 33.5 Å². The Morgan fingerprint density at radius 1 is 0.580 bits per heavy atom. The summed E-state index contributed by atoms with van der Waals surface area (Å²) in [5.74, 6) is 0.369. The number of amidine groups is 1. The predicted molar refractivity (Wildman–Crippen MR) is 211 cm³/mol. The molecule has 0 radical (unpaired) electrons. The number of aromatic nitrogens is 1. The fraction of sp³-hybridized carbons (Fsp3) is 0.0444. The summed E-state index contributed by atoms with van der Waals surface area (Å²) in [5, 5.41) is 18.4. The molecule has 0 aliphatic carbocycles. The van der Waals surface area contributed by atoms with Crippen molar-refractivity contribution < 1.29 is 0 Å². The van der Waals surface area contributed by atoms with Crippen molar-refractivity contribution in [2.75, 3.05) is 0 Å². The van der Waals surface area contributed by atoms with Crippen LogP contribution >= 0.6 is 12.6 Å². The quantitative estimate of drug-likeness (QED) is 0.0537. The third-order valence-electron chi connectivity index (χ3n) is 9.28. The van der Waals surface area contributed by atoms with Gasteiger partial charge in [0.2, 0.25) is 0 Å². The van der Waals surface area contributed by atoms with Crippen LogP contribution in [-0.4, -0.2) is 10.4 Å². The minimum absolute atomic E-state index is 0.279. The molecule has 3 N–H and O–H groups in total. The van der Waals surface area contributed by atoms with Crippen LogP contribution in [-0.2, 0) is 6.54 Å². The lowest BCUT2D eigenvalue weighted by atomic mass is 10.0. The molecule has 1 atom stereocenters. The highest BCUT2D eigenvalue weighted by Crippen LogP contribution is 2.38. The van der Waals surface area contributed by atoms with Gasteiger partial charge in [0.25, 0.3) is 0 Å². The number of fused-ring (bicyclic) bond motifs is 3. The summed E-state index contributed by atoms with van der Waals surface area (Å²) in [4.78, 5) is 0.952. The lowest BCUT2D eigenvalue weighted by Gasteiger charge is -2.23. The summed E-state index contributed by atoms with van der Waals surface area (Å²) in [7, 11) is 0. The first-order valence-electron chi connectivity index (χ1n) is 16.8. The molecule has 0 spiro atoms. The van der Waals surface area contributed by atoms with Gasteiger partial charge in [-0.2, -0.15) is 0 Å². The average Bonchev–Trinajstić information content (AvgIpc) is 3.50. The van der Waals surface area contributed by atoms with Gasteiger partial charge in [-0.05, 0) is 63.7 Å². The number of nitrogens with zero attached hydrogens (tertiary/aromatic N) is 1. The van der Waals surface area contributed by atoms with Crippen LogP contribution in [0.1, 0.15) is 22.9 Å². The van der Waals surface area contributed by atoms with E-state index >= 15 is 0 Å². The van der Waals surface area contributed by atoms with E-state index in [9.17, 15) is 0 Å². The molecular formula is C45H36N4S. The van der Waals surface area contributed by atoms with Gasteiger partial charge in [-0.15, -0.1) is 12.6 Å². The maximum absolute atomic E-state index is 8.87. The first-order valence-corrected chi connectivity index (χ1v) is 17.3. The van der Waals surface area contributed by atoms with Crippen molar-refractivity contribution in [2.24, 2.45) is 0 Å². The maximum atomic E-state index is 8.87. The second kappa shape index (κ2) is 13.9. The molecule has 0 bridgehead atoms. The second-order valence-electron chi connectivity index (χ2n) is 12.5. The van der Waals surface area contributed by atoms with Crippen LogP contribution < -0.4 is 10.6 Å². The summed E-state index contributed by atoms with van der Waals surface area (Å²) in [6.45, 7) is 0.660. The largest absolute Gasteiger partial charge is 0.351 e. The lowest BCUT2D eigenvalue weighted by Crippen LogP contribution is -2.37. The summed E-state index contributed by atoms with van der Waals surface area (Å²) >= 11 is 4.79. The monoisotopic (exact) mass is 664 g/mol. The maximum Gasteiger partial charge on any atom is 0.126 e. The van der Waals surface area contributed by atoms with Gasteiger partial charge in [0.15, 0.2) is 0 Å². The molecule has 50 heavy (non-hydrogen) atoms. The van der Waals surface area contributed by atoms with Crippen molar-refractivity contribution in [3.8, 4) is 27.9 Å². The van der Waals surface area contributed by atoms with Crippen molar-refractivity contribution >= 4 is 40.3 Å². The molecule has 8 aromatic rings. The Bertz CT molecular complexity index is 2420. The van der Waals surface area contributed by atoms with Gasteiger partial charge < -0.3 is 9.88 Å². The molecule has 0 aliphatic heterocycles. The smallest absolute Gasteiger partial charge is 0.126 e. The van der Waals surface area contributed by atoms with E-state index in [1.165, 1.54) is 27.5 Å². The van der Waals surface area contributed by atoms with E-state index in [1.54, 1.807) is 0 Å². The lowest BCUT2D eigenvalue weighted by molar-refractivity contribution is 0.504. The van der Waals surface area contributed by atoms with Crippen molar-refractivity contribution in [1.29, 1.82) is 5.41 Å². The zero-order valence-corrected chi connectivity index (χ0v) is 28.3. The summed E-state index contributed by atoms with van der Waals surface area (Å²) in [6.07, 6.45) is -0.279. The molecule has 1 aromatic heterocycles. The fourth-order valence-electron chi connectivity index (χ4n) is 6.71. The summed E-state index contributed by atoms with van der Waals surface area (Å²) in [5.41, 5.74) is 11.0. The molecule has 0 aliphatic rings. The SMILES string of the molecule is N=C(NC(NCc1ccccc1)c1ccc(-n2c3cc(-c4ccccc4)ccc3c3ccc(-c4ccccc4S)cc32)cc1)c1ccccc1. The van der Waals surface area contributed by atoms with Crippen LogP contribution in [0, 0.1) is 5.41 Å². The molecule has 242 valence electrons. The van der Waals surface area contributed by atoms with Crippen LogP contribution in [0.5, 0.6) is 0 Å². The third-order valence-corrected chi connectivity index (χ3v) is 9.67. The van der Waals surface area contributed by atoms with Crippen molar-refractivity contribution in [3.05, 3.63) is 193 Å².